The Morgan fingerprint density at radius 1 is 1.50 bits per heavy atom. The third kappa shape index (κ3) is 3.02. The molecule has 1 atom stereocenters. The Kier molecular flexibility index (Phi) is 3.94. The summed E-state index contributed by atoms with van der Waals surface area (Å²) in [7, 11) is 0. The molecule has 0 saturated carbocycles. The topological polar surface area (TPSA) is 33.1 Å². The Bertz CT molecular complexity index is 483. The van der Waals surface area contributed by atoms with Crippen LogP contribution in [-0.2, 0) is 6.42 Å². The number of rotatable bonds is 3. The molecule has 2 aromatic rings. The van der Waals surface area contributed by atoms with Gasteiger partial charge >= 0.3 is 0 Å². The Labute approximate surface area is 112 Å². The molecule has 0 fully saturated rings. The van der Waals surface area contributed by atoms with Gasteiger partial charge in [-0.2, -0.15) is 0 Å². The van der Waals surface area contributed by atoms with Gasteiger partial charge in [0.1, 0.15) is 0 Å². The van der Waals surface area contributed by atoms with Crippen LogP contribution in [0.4, 0.5) is 0 Å². The number of aromatic nitrogens is 1. The highest BCUT2D eigenvalue weighted by Gasteiger charge is 2.10. The summed E-state index contributed by atoms with van der Waals surface area (Å²) in [4.78, 5) is 4.36. The Hall–Kier alpha value is -0.460. The van der Waals surface area contributed by atoms with Crippen LogP contribution in [0.25, 0.3) is 0 Å². The highest BCUT2D eigenvalue weighted by Crippen LogP contribution is 2.20. The van der Waals surface area contributed by atoms with Crippen LogP contribution in [0.1, 0.15) is 22.4 Å². The van der Waals surface area contributed by atoms with Crippen molar-refractivity contribution in [3.8, 4) is 0 Å². The summed E-state index contributed by atoms with van der Waals surface area (Å²) in [6, 6.07) is 7.94. The average Bonchev–Trinajstić information content (AvgIpc) is 2.64. The third-order valence-electron chi connectivity index (χ3n) is 2.30. The monoisotopic (exact) mass is 345 g/mol. The van der Waals surface area contributed by atoms with Crippen molar-refractivity contribution in [1.29, 1.82) is 0 Å². The lowest BCUT2D eigenvalue weighted by Crippen LogP contribution is -2.02. The van der Waals surface area contributed by atoms with E-state index in [2.05, 4.69) is 27.6 Å². The van der Waals surface area contributed by atoms with Crippen LogP contribution < -0.4 is 0 Å². The normalized spacial score (nSPS) is 12.7. The summed E-state index contributed by atoms with van der Waals surface area (Å²) >= 11 is 3.87. The fraction of sp³-hybridized carbons (Fsp3) is 0.250. The van der Waals surface area contributed by atoms with Crippen molar-refractivity contribution in [1.82, 2.24) is 4.98 Å². The van der Waals surface area contributed by atoms with Gasteiger partial charge in [-0.1, -0.05) is 12.1 Å². The molecule has 0 aliphatic carbocycles. The van der Waals surface area contributed by atoms with E-state index in [0.29, 0.717) is 6.42 Å². The van der Waals surface area contributed by atoms with E-state index >= 15 is 0 Å². The van der Waals surface area contributed by atoms with Gasteiger partial charge in [0.05, 0.1) is 16.8 Å². The second kappa shape index (κ2) is 5.25. The average molecular weight is 345 g/mol. The predicted octanol–water partition coefficient (Wildman–Crippen LogP) is 3.33. The molecule has 1 heterocycles. The summed E-state index contributed by atoms with van der Waals surface area (Å²) in [5.74, 6) is 0. The minimum Gasteiger partial charge on any atom is -0.388 e. The first-order chi connectivity index (χ1) is 7.65. The zero-order valence-corrected chi connectivity index (χ0v) is 11.8. The minimum atomic E-state index is -0.462. The zero-order valence-electron chi connectivity index (χ0n) is 8.85. The number of aliphatic hydroxyl groups is 1. The third-order valence-corrected chi connectivity index (χ3v) is 3.80. The van der Waals surface area contributed by atoms with E-state index in [4.69, 9.17) is 0 Å². The standard InChI is InChI=1S/C12H12INOS/c1-8-14-11(7-16-8)6-12(15)9-3-2-4-10(13)5-9/h2-5,7,12,15H,6H2,1H3. The fourth-order valence-corrected chi connectivity index (χ4v) is 2.72. The first kappa shape index (κ1) is 12.0. The number of hydrogen-bond donors (Lipinski definition) is 1. The zero-order chi connectivity index (χ0) is 11.5. The molecule has 1 aromatic carbocycles. The summed E-state index contributed by atoms with van der Waals surface area (Å²) in [6.07, 6.45) is 0.126. The molecule has 0 aliphatic heterocycles. The van der Waals surface area contributed by atoms with Crippen LogP contribution in [0.2, 0.25) is 0 Å². The molecule has 0 radical (unpaired) electrons. The van der Waals surface area contributed by atoms with Gasteiger partial charge in [-0.15, -0.1) is 11.3 Å². The van der Waals surface area contributed by atoms with Crippen molar-refractivity contribution in [2.75, 3.05) is 0 Å². The molecule has 1 N–H and O–H groups in total. The van der Waals surface area contributed by atoms with Gasteiger partial charge in [0, 0.05) is 15.4 Å². The maximum absolute atomic E-state index is 10.1. The van der Waals surface area contributed by atoms with Crippen LogP contribution in [0.3, 0.4) is 0 Å². The van der Waals surface area contributed by atoms with Gasteiger partial charge in [0.25, 0.3) is 0 Å². The molecular formula is C12H12INOS. The lowest BCUT2D eigenvalue weighted by Gasteiger charge is -2.09. The first-order valence-electron chi connectivity index (χ1n) is 4.99. The number of nitrogens with zero attached hydrogens (tertiary/aromatic N) is 1. The first-order valence-corrected chi connectivity index (χ1v) is 6.95. The molecule has 0 spiro atoms. The molecule has 2 nitrogen and oxygen atoms in total. The summed E-state index contributed by atoms with van der Waals surface area (Å²) in [5.41, 5.74) is 1.92. The molecule has 1 unspecified atom stereocenters. The van der Waals surface area contributed by atoms with Gasteiger partial charge in [-0.25, -0.2) is 4.98 Å². The van der Waals surface area contributed by atoms with Gasteiger partial charge < -0.3 is 5.11 Å². The smallest absolute Gasteiger partial charge is 0.0897 e. The predicted molar refractivity (Wildman–Crippen MR) is 74.7 cm³/mol. The van der Waals surface area contributed by atoms with Crippen molar-refractivity contribution in [3.05, 3.63) is 49.5 Å². The molecule has 4 heteroatoms. The van der Waals surface area contributed by atoms with Crippen LogP contribution in [0, 0.1) is 10.5 Å². The van der Waals surface area contributed by atoms with Crippen molar-refractivity contribution >= 4 is 33.9 Å². The molecule has 16 heavy (non-hydrogen) atoms. The maximum atomic E-state index is 10.1. The van der Waals surface area contributed by atoms with E-state index in [-0.39, 0.29) is 0 Å². The highest BCUT2D eigenvalue weighted by atomic mass is 127. The number of halogens is 1. The Morgan fingerprint density at radius 2 is 2.31 bits per heavy atom. The van der Waals surface area contributed by atoms with E-state index < -0.39 is 6.10 Å². The van der Waals surface area contributed by atoms with Gasteiger partial charge in [0.15, 0.2) is 0 Å². The lowest BCUT2D eigenvalue weighted by molar-refractivity contribution is 0.177. The summed E-state index contributed by atoms with van der Waals surface area (Å²) < 4.78 is 1.14. The lowest BCUT2D eigenvalue weighted by atomic mass is 10.1. The van der Waals surface area contributed by atoms with Crippen molar-refractivity contribution < 1.29 is 5.11 Å². The number of benzene rings is 1. The van der Waals surface area contributed by atoms with Gasteiger partial charge in [-0.3, -0.25) is 0 Å². The second-order valence-electron chi connectivity index (χ2n) is 3.63. The van der Waals surface area contributed by atoms with Crippen LogP contribution >= 0.6 is 33.9 Å². The van der Waals surface area contributed by atoms with Gasteiger partial charge in [0.2, 0.25) is 0 Å². The van der Waals surface area contributed by atoms with E-state index in [1.807, 2.05) is 36.6 Å². The molecule has 0 bridgehead atoms. The molecule has 0 saturated heterocycles. The summed E-state index contributed by atoms with van der Waals surface area (Å²) in [6.45, 7) is 1.98. The SMILES string of the molecule is Cc1nc(CC(O)c2cccc(I)c2)cs1. The maximum Gasteiger partial charge on any atom is 0.0897 e. The minimum absolute atomic E-state index is 0.462. The number of hydrogen-bond acceptors (Lipinski definition) is 3. The van der Waals surface area contributed by atoms with Crippen molar-refractivity contribution in [2.45, 2.75) is 19.4 Å². The van der Waals surface area contributed by atoms with E-state index in [9.17, 15) is 5.11 Å². The highest BCUT2D eigenvalue weighted by molar-refractivity contribution is 14.1. The van der Waals surface area contributed by atoms with Gasteiger partial charge in [-0.05, 0) is 47.2 Å². The van der Waals surface area contributed by atoms with Crippen molar-refractivity contribution in [2.24, 2.45) is 0 Å². The molecule has 0 aliphatic rings. The Morgan fingerprint density at radius 3 is 2.94 bits per heavy atom. The van der Waals surface area contributed by atoms with Crippen molar-refractivity contribution in [3.63, 3.8) is 0 Å². The molecular weight excluding hydrogens is 333 g/mol. The van der Waals surface area contributed by atoms with Crippen LogP contribution in [0.5, 0.6) is 0 Å². The molecule has 2 rings (SSSR count). The van der Waals surface area contributed by atoms with E-state index in [1.54, 1.807) is 11.3 Å². The fourth-order valence-electron chi connectivity index (χ4n) is 1.53. The second-order valence-corrected chi connectivity index (χ2v) is 5.94. The quantitative estimate of drug-likeness (QED) is 0.866. The van der Waals surface area contributed by atoms with Crippen LogP contribution in [-0.4, -0.2) is 10.1 Å². The van der Waals surface area contributed by atoms with E-state index in [0.717, 1.165) is 19.8 Å². The largest absolute Gasteiger partial charge is 0.388 e. The number of aliphatic hydroxyl groups excluding tert-OH is 1. The number of aryl methyl sites for hydroxylation is 1. The molecule has 0 amide bonds. The van der Waals surface area contributed by atoms with Crippen LogP contribution in [0.15, 0.2) is 29.6 Å². The number of thiazole rings is 1. The van der Waals surface area contributed by atoms with E-state index in [1.165, 1.54) is 0 Å². The molecule has 84 valence electrons. The molecule has 1 aromatic heterocycles. The Balaban J connectivity index is 2.11. The summed E-state index contributed by atoms with van der Waals surface area (Å²) in [5, 5.41) is 13.1.